The first-order valence-electron chi connectivity index (χ1n) is 12.7. The lowest BCUT2D eigenvalue weighted by Gasteiger charge is -2.39. The fourth-order valence-electron chi connectivity index (χ4n) is 5.30. The maximum Gasteiger partial charge on any atom is 0.338 e. The van der Waals surface area contributed by atoms with E-state index >= 15 is 0 Å². The zero-order valence-electron chi connectivity index (χ0n) is 21.6. The SMILES string of the molecule is Cc1c(C(=O)OC(C)C)cc2c(C3CCC(C)N=N3)ccn2c1C(C)N1CCN(C(F)C(F)F)CC1. The number of halogens is 3. The fourth-order valence-corrected chi connectivity index (χ4v) is 5.30. The second kappa shape index (κ2) is 10.9. The molecule has 0 aromatic carbocycles. The number of azo groups is 1. The van der Waals surface area contributed by atoms with E-state index in [2.05, 4.69) is 19.5 Å². The predicted molar refractivity (Wildman–Crippen MR) is 131 cm³/mol. The first kappa shape index (κ1) is 26.6. The zero-order valence-corrected chi connectivity index (χ0v) is 21.6. The van der Waals surface area contributed by atoms with Gasteiger partial charge in [-0.2, -0.15) is 10.2 Å². The maximum absolute atomic E-state index is 13.9. The number of alkyl halides is 3. The highest BCUT2D eigenvalue weighted by Gasteiger charge is 2.33. The number of pyridine rings is 1. The molecule has 4 atom stereocenters. The molecule has 4 rings (SSSR count). The van der Waals surface area contributed by atoms with Crippen molar-refractivity contribution in [2.45, 2.75) is 84.4 Å². The molecule has 0 aliphatic carbocycles. The van der Waals surface area contributed by atoms with Crippen molar-refractivity contribution < 1.29 is 22.7 Å². The summed E-state index contributed by atoms with van der Waals surface area (Å²) < 4.78 is 47.2. The molecule has 10 heteroatoms. The number of carbonyl (C=O) groups excluding carboxylic acids is 1. The lowest BCUT2D eigenvalue weighted by Crippen LogP contribution is -2.51. The van der Waals surface area contributed by atoms with Crippen LogP contribution in [0.25, 0.3) is 5.52 Å². The van der Waals surface area contributed by atoms with Crippen molar-refractivity contribution in [3.63, 3.8) is 0 Å². The zero-order chi connectivity index (χ0) is 26.1. The Kier molecular flexibility index (Phi) is 8.04. The molecule has 0 spiro atoms. The first-order valence-corrected chi connectivity index (χ1v) is 12.7. The Hall–Kier alpha value is -2.46. The Bertz CT molecular complexity index is 1110. The number of esters is 1. The van der Waals surface area contributed by atoms with E-state index in [-0.39, 0.29) is 43.3 Å². The molecule has 4 heterocycles. The first-order chi connectivity index (χ1) is 17.1. The standard InChI is InChI=1S/C26H36F3N5O2/c1-15(2)36-26(35)20-14-22-19(21-7-6-16(3)30-31-21)8-9-34(22)23(17(20)4)18(5)32-10-12-33(13-11-32)25(29)24(27)28/h8-9,14-16,18,21,24-25H,6-7,10-13H2,1-5H3. The van der Waals surface area contributed by atoms with Gasteiger partial charge in [-0.05, 0) is 65.2 Å². The number of hydrogen-bond donors (Lipinski definition) is 0. The normalized spacial score (nSPS) is 23.5. The van der Waals surface area contributed by atoms with Crippen molar-refractivity contribution in [3.05, 3.63) is 40.7 Å². The van der Waals surface area contributed by atoms with Gasteiger partial charge in [-0.25, -0.2) is 18.0 Å². The van der Waals surface area contributed by atoms with Crippen LogP contribution in [0.3, 0.4) is 0 Å². The summed E-state index contributed by atoms with van der Waals surface area (Å²) in [5.74, 6) is -0.383. The molecule has 2 aromatic heterocycles. The summed E-state index contributed by atoms with van der Waals surface area (Å²) in [7, 11) is 0. The highest BCUT2D eigenvalue weighted by atomic mass is 19.3. The fraction of sp³-hybridized carbons (Fsp3) is 0.654. The number of ether oxygens (including phenoxy) is 1. The van der Waals surface area contributed by atoms with Crippen LogP contribution in [0.1, 0.15) is 79.8 Å². The minimum absolute atomic E-state index is 0.0783. The topological polar surface area (TPSA) is 61.9 Å². The minimum atomic E-state index is -3.02. The molecule has 1 fully saturated rings. The van der Waals surface area contributed by atoms with Crippen molar-refractivity contribution in [3.8, 4) is 0 Å². The van der Waals surface area contributed by atoms with Crippen LogP contribution >= 0.6 is 0 Å². The van der Waals surface area contributed by atoms with Gasteiger partial charge in [0, 0.05) is 49.7 Å². The monoisotopic (exact) mass is 507 g/mol. The average Bonchev–Trinajstić information content (AvgIpc) is 3.26. The summed E-state index contributed by atoms with van der Waals surface area (Å²) >= 11 is 0. The van der Waals surface area contributed by atoms with Crippen LogP contribution in [0.15, 0.2) is 28.6 Å². The quantitative estimate of drug-likeness (QED) is 0.355. The predicted octanol–water partition coefficient (Wildman–Crippen LogP) is 5.73. The molecular formula is C26H36F3N5O2. The van der Waals surface area contributed by atoms with E-state index in [1.54, 1.807) is 0 Å². The number of fused-ring (bicyclic) bond motifs is 1. The van der Waals surface area contributed by atoms with Crippen LogP contribution in [0, 0.1) is 6.92 Å². The molecule has 0 saturated carbocycles. The Morgan fingerprint density at radius 3 is 2.31 bits per heavy atom. The summed E-state index contributed by atoms with van der Waals surface area (Å²) in [5.41, 5.74) is 4.13. The van der Waals surface area contributed by atoms with Gasteiger partial charge in [0.25, 0.3) is 6.43 Å². The van der Waals surface area contributed by atoms with E-state index in [1.807, 2.05) is 52.9 Å². The number of nitrogens with zero attached hydrogens (tertiary/aromatic N) is 5. The van der Waals surface area contributed by atoms with Crippen LogP contribution in [-0.4, -0.2) is 71.2 Å². The molecular weight excluding hydrogens is 471 g/mol. The molecule has 2 aliphatic rings. The molecule has 1 saturated heterocycles. The highest BCUT2D eigenvalue weighted by Crippen LogP contribution is 2.36. The summed E-state index contributed by atoms with van der Waals surface area (Å²) in [6.07, 6.45) is -1.70. The summed E-state index contributed by atoms with van der Waals surface area (Å²) in [4.78, 5) is 16.4. The highest BCUT2D eigenvalue weighted by molar-refractivity contribution is 5.93. The number of rotatable bonds is 7. The lowest BCUT2D eigenvalue weighted by atomic mass is 9.97. The van der Waals surface area contributed by atoms with Crippen LogP contribution in [0.2, 0.25) is 0 Å². The lowest BCUT2D eigenvalue weighted by molar-refractivity contribution is -0.0688. The van der Waals surface area contributed by atoms with Gasteiger partial charge in [-0.15, -0.1) is 0 Å². The number of hydrogen-bond acceptors (Lipinski definition) is 6. The smallest absolute Gasteiger partial charge is 0.338 e. The summed E-state index contributed by atoms with van der Waals surface area (Å²) in [5, 5.41) is 8.91. The van der Waals surface area contributed by atoms with E-state index in [0.29, 0.717) is 18.7 Å². The molecule has 0 amide bonds. The average molecular weight is 508 g/mol. The van der Waals surface area contributed by atoms with Gasteiger partial charge >= 0.3 is 5.97 Å². The van der Waals surface area contributed by atoms with Crippen molar-refractivity contribution in [2.24, 2.45) is 10.2 Å². The maximum atomic E-state index is 13.9. The Labute approximate surface area is 210 Å². The molecule has 198 valence electrons. The van der Waals surface area contributed by atoms with Crippen molar-refractivity contribution in [1.29, 1.82) is 0 Å². The van der Waals surface area contributed by atoms with Gasteiger partial charge < -0.3 is 9.14 Å². The van der Waals surface area contributed by atoms with Gasteiger partial charge in [0.1, 0.15) is 0 Å². The van der Waals surface area contributed by atoms with E-state index in [4.69, 9.17) is 4.74 Å². The Morgan fingerprint density at radius 2 is 1.72 bits per heavy atom. The van der Waals surface area contributed by atoms with Gasteiger partial charge in [0.15, 0.2) is 0 Å². The van der Waals surface area contributed by atoms with Gasteiger partial charge in [0.2, 0.25) is 6.30 Å². The molecule has 4 unspecified atom stereocenters. The molecule has 0 radical (unpaired) electrons. The second-order valence-electron chi connectivity index (χ2n) is 10.2. The molecule has 2 aromatic rings. The summed E-state index contributed by atoms with van der Waals surface area (Å²) in [6, 6.07) is 3.91. The van der Waals surface area contributed by atoms with Crippen LogP contribution < -0.4 is 0 Å². The molecule has 0 bridgehead atoms. The third-order valence-electron chi connectivity index (χ3n) is 7.32. The molecule has 36 heavy (non-hydrogen) atoms. The number of piperazine rings is 1. The van der Waals surface area contributed by atoms with E-state index < -0.39 is 12.7 Å². The summed E-state index contributed by atoms with van der Waals surface area (Å²) in [6.45, 7) is 10.9. The van der Waals surface area contributed by atoms with E-state index in [0.717, 1.165) is 35.2 Å². The van der Waals surface area contributed by atoms with E-state index in [9.17, 15) is 18.0 Å². The van der Waals surface area contributed by atoms with Crippen LogP contribution in [-0.2, 0) is 4.74 Å². The second-order valence-corrected chi connectivity index (χ2v) is 10.2. The van der Waals surface area contributed by atoms with Gasteiger partial charge in [-0.3, -0.25) is 9.80 Å². The van der Waals surface area contributed by atoms with E-state index in [1.165, 1.54) is 4.90 Å². The van der Waals surface area contributed by atoms with Crippen molar-refractivity contribution >= 4 is 11.5 Å². The van der Waals surface area contributed by atoms with Gasteiger partial charge in [0.05, 0.1) is 29.3 Å². The minimum Gasteiger partial charge on any atom is -0.459 e. The van der Waals surface area contributed by atoms with Crippen LogP contribution in [0.5, 0.6) is 0 Å². The number of aromatic nitrogens is 1. The van der Waals surface area contributed by atoms with Crippen molar-refractivity contribution in [1.82, 2.24) is 14.2 Å². The van der Waals surface area contributed by atoms with Crippen LogP contribution in [0.4, 0.5) is 13.2 Å². The molecule has 2 aliphatic heterocycles. The molecule has 0 N–H and O–H groups in total. The Morgan fingerprint density at radius 1 is 1.06 bits per heavy atom. The third kappa shape index (κ3) is 5.29. The van der Waals surface area contributed by atoms with Crippen molar-refractivity contribution in [2.75, 3.05) is 26.2 Å². The largest absolute Gasteiger partial charge is 0.459 e. The molecule has 7 nitrogen and oxygen atoms in total. The number of carbonyl (C=O) groups is 1. The third-order valence-corrected chi connectivity index (χ3v) is 7.32. The van der Waals surface area contributed by atoms with Gasteiger partial charge in [-0.1, -0.05) is 0 Å². The Balaban J connectivity index is 1.72.